The van der Waals surface area contributed by atoms with Gasteiger partial charge in [-0.15, -0.1) is 5.10 Å². The van der Waals surface area contributed by atoms with Crippen molar-refractivity contribution < 1.29 is 21.6 Å². The Balaban J connectivity index is 1.56. The molecule has 41 heavy (non-hydrogen) atoms. The summed E-state index contributed by atoms with van der Waals surface area (Å²) in [6.07, 6.45) is 0.804. The maximum atomic E-state index is 13.6. The number of sulfone groups is 1. The van der Waals surface area contributed by atoms with Crippen LogP contribution in [0.3, 0.4) is 0 Å². The molecule has 1 fully saturated rings. The fourth-order valence-electron chi connectivity index (χ4n) is 5.16. The molecule has 0 amide bonds. The Kier molecular flexibility index (Phi) is 6.35. The summed E-state index contributed by atoms with van der Waals surface area (Å²) in [5.74, 6) is 0.144. The minimum atomic E-state index is -4.62. The fraction of sp³-hybridized carbons (Fsp3) is 0.207. The highest BCUT2D eigenvalue weighted by Crippen LogP contribution is 2.54. The van der Waals surface area contributed by atoms with Crippen LogP contribution < -0.4 is 0 Å². The van der Waals surface area contributed by atoms with Crippen molar-refractivity contribution in [3.63, 3.8) is 0 Å². The van der Waals surface area contributed by atoms with E-state index in [9.17, 15) is 21.6 Å². The Labute approximate surface area is 239 Å². The summed E-state index contributed by atoms with van der Waals surface area (Å²) in [6.45, 7) is 1.50. The number of alkyl halides is 3. The highest BCUT2D eigenvalue weighted by molar-refractivity contribution is 7.90. The highest BCUT2D eigenvalue weighted by atomic mass is 35.5. The van der Waals surface area contributed by atoms with Gasteiger partial charge < -0.3 is 4.57 Å². The lowest BCUT2D eigenvalue weighted by Gasteiger charge is -2.20. The first kappa shape index (κ1) is 27.2. The molecule has 0 saturated heterocycles. The van der Waals surface area contributed by atoms with Gasteiger partial charge in [0.2, 0.25) is 0 Å². The summed E-state index contributed by atoms with van der Waals surface area (Å²) in [6, 6.07) is 19.2. The number of halogens is 4. The van der Waals surface area contributed by atoms with Gasteiger partial charge in [-0.05, 0) is 72.9 Å². The number of hydrogen-bond donors (Lipinski definition) is 0. The predicted octanol–water partition coefficient (Wildman–Crippen LogP) is 6.58. The summed E-state index contributed by atoms with van der Waals surface area (Å²) in [4.78, 5) is 3.91. The summed E-state index contributed by atoms with van der Waals surface area (Å²) in [7, 11) is -3.46. The molecule has 2 heterocycles. The Bertz CT molecular complexity index is 1890. The zero-order chi connectivity index (χ0) is 29.2. The Morgan fingerprint density at radius 2 is 1.66 bits per heavy atom. The second kappa shape index (κ2) is 9.56. The first-order valence-corrected chi connectivity index (χ1v) is 14.9. The monoisotopic (exact) mass is 597 g/mol. The quantitative estimate of drug-likeness (QED) is 0.221. The number of rotatable bonds is 6. The summed E-state index contributed by atoms with van der Waals surface area (Å²) in [5.41, 5.74) is 2.56. The number of aryl methyl sites for hydroxylation is 1. The molecule has 7 nitrogen and oxygen atoms in total. The van der Waals surface area contributed by atoms with Crippen LogP contribution in [-0.2, 0) is 21.4 Å². The van der Waals surface area contributed by atoms with Crippen molar-refractivity contribution in [1.29, 1.82) is 0 Å². The van der Waals surface area contributed by atoms with Gasteiger partial charge >= 0.3 is 6.18 Å². The topological polar surface area (TPSA) is 82.7 Å². The Morgan fingerprint density at radius 3 is 2.29 bits per heavy atom. The molecule has 2 aromatic heterocycles. The van der Waals surface area contributed by atoms with Crippen molar-refractivity contribution in [2.24, 2.45) is 0 Å². The molecular weight excluding hydrogens is 575 g/mol. The molecule has 3 aromatic carbocycles. The van der Waals surface area contributed by atoms with E-state index in [1.165, 1.54) is 17.6 Å². The highest BCUT2D eigenvalue weighted by Gasteiger charge is 2.49. The van der Waals surface area contributed by atoms with E-state index >= 15 is 0 Å². The van der Waals surface area contributed by atoms with E-state index in [-0.39, 0.29) is 10.7 Å². The van der Waals surface area contributed by atoms with Crippen molar-refractivity contribution in [2.45, 2.75) is 36.3 Å². The molecule has 6 rings (SSSR count). The molecule has 0 unspecified atom stereocenters. The average Bonchev–Trinajstić information content (AvgIpc) is 3.39. The van der Waals surface area contributed by atoms with Gasteiger partial charge in [-0.2, -0.15) is 13.2 Å². The Hall–Kier alpha value is -3.96. The van der Waals surface area contributed by atoms with Gasteiger partial charge in [0.25, 0.3) is 0 Å². The third-order valence-electron chi connectivity index (χ3n) is 7.42. The van der Waals surface area contributed by atoms with Crippen molar-refractivity contribution in [2.75, 3.05) is 6.26 Å². The van der Waals surface area contributed by atoms with Crippen LogP contribution in [0.5, 0.6) is 0 Å². The van der Waals surface area contributed by atoms with E-state index in [0.29, 0.717) is 27.5 Å². The maximum Gasteiger partial charge on any atom is 0.434 e. The summed E-state index contributed by atoms with van der Waals surface area (Å²) >= 11 is 6.13. The molecule has 1 saturated carbocycles. The lowest BCUT2D eigenvalue weighted by molar-refractivity contribution is -0.141. The predicted molar refractivity (Wildman–Crippen MR) is 148 cm³/mol. The van der Waals surface area contributed by atoms with Crippen LogP contribution in [0, 0.1) is 6.92 Å². The summed E-state index contributed by atoms with van der Waals surface area (Å²) < 4.78 is 68.2. The lowest BCUT2D eigenvalue weighted by Crippen LogP contribution is -2.17. The first-order valence-electron chi connectivity index (χ1n) is 12.6. The van der Waals surface area contributed by atoms with Gasteiger partial charge in [-0.3, -0.25) is 0 Å². The van der Waals surface area contributed by atoms with E-state index in [4.69, 9.17) is 11.6 Å². The molecule has 12 heteroatoms. The fourth-order valence-corrected chi connectivity index (χ4v) is 5.95. The lowest BCUT2D eigenvalue weighted by atomic mass is 9.92. The standard InChI is InChI=1S/C29H23ClF3N5O2S/c1-18-35-26(29(31,32)33)17-37(18)24-11-6-20(19-4-3-5-23(14-19)41(2,39)40)15-25(24)38-27(16-34-36-38)28(12-13-28)21-7-9-22(30)10-8-21/h3-11,14-17H,12-13H2,1-2H3. The molecule has 210 valence electrons. The van der Waals surface area contributed by atoms with Crippen LogP contribution in [-0.4, -0.2) is 39.2 Å². The first-order chi connectivity index (χ1) is 19.4. The maximum absolute atomic E-state index is 13.6. The van der Waals surface area contributed by atoms with Gasteiger partial charge in [0, 0.05) is 22.9 Å². The summed E-state index contributed by atoms with van der Waals surface area (Å²) in [5, 5.41) is 9.20. The largest absolute Gasteiger partial charge is 0.434 e. The van der Waals surface area contributed by atoms with Crippen LogP contribution in [0.4, 0.5) is 13.2 Å². The average molecular weight is 598 g/mol. The van der Waals surface area contributed by atoms with Crippen LogP contribution in [0.1, 0.15) is 35.6 Å². The number of imidazole rings is 1. The molecular formula is C29H23ClF3N5O2S. The molecule has 0 aliphatic heterocycles. The molecule has 0 N–H and O–H groups in total. The number of hydrogen-bond acceptors (Lipinski definition) is 5. The molecule has 0 radical (unpaired) electrons. The normalized spacial score (nSPS) is 14.8. The molecule has 5 aromatic rings. The van der Waals surface area contributed by atoms with Crippen LogP contribution in [0.25, 0.3) is 22.5 Å². The third-order valence-corrected chi connectivity index (χ3v) is 8.78. The zero-order valence-corrected chi connectivity index (χ0v) is 23.5. The van der Waals surface area contributed by atoms with E-state index in [0.717, 1.165) is 36.6 Å². The number of aromatic nitrogens is 5. The van der Waals surface area contributed by atoms with E-state index in [1.54, 1.807) is 47.3 Å². The molecule has 0 bridgehead atoms. The smallest absolute Gasteiger partial charge is 0.301 e. The zero-order valence-electron chi connectivity index (χ0n) is 21.9. The van der Waals surface area contributed by atoms with Gasteiger partial charge in [0.05, 0.1) is 28.2 Å². The van der Waals surface area contributed by atoms with Gasteiger partial charge in [-0.25, -0.2) is 18.1 Å². The minimum Gasteiger partial charge on any atom is -0.301 e. The molecule has 0 spiro atoms. The third kappa shape index (κ3) is 4.93. The van der Waals surface area contributed by atoms with Crippen molar-refractivity contribution in [3.8, 4) is 22.5 Å². The second-order valence-electron chi connectivity index (χ2n) is 10.2. The van der Waals surface area contributed by atoms with Gasteiger partial charge in [0.15, 0.2) is 15.5 Å². The van der Waals surface area contributed by atoms with Crippen LogP contribution >= 0.6 is 11.6 Å². The second-order valence-corrected chi connectivity index (χ2v) is 12.6. The minimum absolute atomic E-state index is 0.144. The van der Waals surface area contributed by atoms with Crippen LogP contribution in [0.2, 0.25) is 5.02 Å². The van der Waals surface area contributed by atoms with E-state index in [2.05, 4.69) is 15.3 Å². The molecule has 1 aliphatic rings. The van der Waals surface area contributed by atoms with Gasteiger partial charge in [0.1, 0.15) is 5.82 Å². The Morgan fingerprint density at radius 1 is 0.951 bits per heavy atom. The van der Waals surface area contributed by atoms with Crippen molar-refractivity contribution in [3.05, 3.63) is 107 Å². The molecule has 1 aliphatic carbocycles. The number of benzene rings is 3. The molecule has 0 atom stereocenters. The van der Waals surface area contributed by atoms with E-state index < -0.39 is 27.1 Å². The van der Waals surface area contributed by atoms with E-state index in [1.807, 2.05) is 24.3 Å². The van der Waals surface area contributed by atoms with Crippen LogP contribution in [0.15, 0.2) is 84.0 Å². The number of nitrogens with zero attached hydrogens (tertiary/aromatic N) is 5. The van der Waals surface area contributed by atoms with Crippen molar-refractivity contribution in [1.82, 2.24) is 24.5 Å². The SMILES string of the molecule is Cc1nc(C(F)(F)F)cn1-c1ccc(-c2cccc(S(C)(=O)=O)c2)cc1-n1nncc1C1(c2ccc(Cl)cc2)CC1. The van der Waals surface area contributed by atoms with Crippen molar-refractivity contribution >= 4 is 21.4 Å². The van der Waals surface area contributed by atoms with Gasteiger partial charge in [-0.1, -0.05) is 47.1 Å².